The van der Waals surface area contributed by atoms with E-state index >= 15 is 0 Å². The van der Waals surface area contributed by atoms with Crippen molar-refractivity contribution in [1.82, 2.24) is 0 Å². The molecule has 76 valence electrons. The summed E-state index contributed by atoms with van der Waals surface area (Å²) in [5.41, 5.74) is 2.08. The zero-order valence-corrected chi connectivity index (χ0v) is 7.90. The van der Waals surface area contributed by atoms with Crippen LogP contribution in [0.1, 0.15) is 11.1 Å². The average molecular weight is 196 g/mol. The molecule has 1 aromatic carbocycles. The summed E-state index contributed by atoms with van der Waals surface area (Å²) >= 11 is 0. The number of aliphatic carboxylic acids is 1. The van der Waals surface area contributed by atoms with Crippen molar-refractivity contribution in [3.63, 3.8) is 0 Å². The molecular weight excluding hydrogens is 184 g/mol. The largest absolute Gasteiger partial charge is 0.479 e. The number of carboxylic acid groups (broad SMARTS) is 1. The van der Waals surface area contributed by atoms with E-state index in [0.29, 0.717) is 0 Å². The highest BCUT2D eigenvalue weighted by molar-refractivity contribution is 5.67. The van der Waals surface area contributed by atoms with E-state index in [1.807, 2.05) is 31.2 Å². The Balaban J connectivity index is 2.28. The van der Waals surface area contributed by atoms with Crippen LogP contribution in [-0.2, 0) is 21.2 Å². The predicted octanol–water partition coefficient (Wildman–Crippen LogP) is 1.53. The van der Waals surface area contributed by atoms with Gasteiger partial charge >= 0.3 is 5.97 Å². The monoisotopic (exact) mass is 196 g/mol. The maximum absolute atomic E-state index is 10.1. The van der Waals surface area contributed by atoms with Crippen LogP contribution in [0.4, 0.5) is 0 Å². The van der Waals surface area contributed by atoms with E-state index in [9.17, 15) is 4.79 Å². The van der Waals surface area contributed by atoms with Crippen LogP contribution in [0.2, 0.25) is 0 Å². The molecule has 4 heteroatoms. The summed E-state index contributed by atoms with van der Waals surface area (Å²) in [6.45, 7) is 1.79. The van der Waals surface area contributed by atoms with Crippen molar-refractivity contribution in [1.29, 1.82) is 0 Å². The fraction of sp³-hybridized carbons (Fsp3) is 0.300. The normalized spacial score (nSPS) is 10.1. The Morgan fingerprint density at radius 1 is 1.43 bits per heavy atom. The van der Waals surface area contributed by atoms with Gasteiger partial charge in [0.25, 0.3) is 0 Å². The minimum Gasteiger partial charge on any atom is -0.479 e. The first-order valence-electron chi connectivity index (χ1n) is 4.20. The van der Waals surface area contributed by atoms with Crippen LogP contribution < -0.4 is 0 Å². The molecule has 0 spiro atoms. The van der Waals surface area contributed by atoms with Gasteiger partial charge in [-0.1, -0.05) is 29.8 Å². The summed E-state index contributed by atoms with van der Waals surface area (Å²) in [6.07, 6.45) is 0. The van der Waals surface area contributed by atoms with Gasteiger partial charge in [0.1, 0.15) is 6.61 Å². The molecule has 1 rings (SSSR count). The molecule has 0 atom stereocenters. The van der Waals surface area contributed by atoms with E-state index in [-0.39, 0.29) is 6.61 Å². The molecular formula is C10H12O4. The van der Waals surface area contributed by atoms with Crippen molar-refractivity contribution >= 4 is 5.97 Å². The van der Waals surface area contributed by atoms with Gasteiger partial charge in [-0.3, -0.25) is 0 Å². The number of carboxylic acids is 1. The lowest BCUT2D eigenvalue weighted by Crippen LogP contribution is -2.07. The van der Waals surface area contributed by atoms with Crippen molar-refractivity contribution in [2.24, 2.45) is 0 Å². The molecule has 0 aliphatic heterocycles. The van der Waals surface area contributed by atoms with E-state index in [0.717, 1.165) is 11.1 Å². The SMILES string of the molecule is Cc1cccc(COOCC(=O)O)c1. The Morgan fingerprint density at radius 2 is 2.21 bits per heavy atom. The molecule has 14 heavy (non-hydrogen) atoms. The smallest absolute Gasteiger partial charge is 0.333 e. The van der Waals surface area contributed by atoms with E-state index in [4.69, 9.17) is 9.99 Å². The van der Waals surface area contributed by atoms with Crippen molar-refractivity contribution in [3.8, 4) is 0 Å². The predicted molar refractivity (Wildman–Crippen MR) is 49.6 cm³/mol. The molecule has 0 fully saturated rings. The van der Waals surface area contributed by atoms with E-state index in [1.54, 1.807) is 0 Å². The maximum Gasteiger partial charge on any atom is 0.333 e. The van der Waals surface area contributed by atoms with Gasteiger partial charge in [0.05, 0.1) is 0 Å². The molecule has 0 aliphatic rings. The fourth-order valence-electron chi connectivity index (χ4n) is 1.00. The van der Waals surface area contributed by atoms with Crippen LogP contribution in [0.25, 0.3) is 0 Å². The highest BCUT2D eigenvalue weighted by Gasteiger charge is 1.98. The molecule has 0 saturated carbocycles. The Bertz CT molecular complexity index is 309. The molecule has 1 aromatic rings. The quantitative estimate of drug-likeness (QED) is 0.440. The average Bonchev–Trinajstić information content (AvgIpc) is 2.12. The van der Waals surface area contributed by atoms with E-state index < -0.39 is 12.6 Å². The van der Waals surface area contributed by atoms with Gasteiger partial charge in [0, 0.05) is 0 Å². The van der Waals surface area contributed by atoms with E-state index in [2.05, 4.69) is 4.89 Å². The molecule has 0 radical (unpaired) electrons. The van der Waals surface area contributed by atoms with Gasteiger partial charge in [0.15, 0.2) is 6.61 Å². The first kappa shape index (κ1) is 10.7. The fourth-order valence-corrected chi connectivity index (χ4v) is 1.00. The minimum absolute atomic E-state index is 0.259. The minimum atomic E-state index is -1.05. The second kappa shape index (κ2) is 5.36. The summed E-state index contributed by atoms with van der Waals surface area (Å²) in [5, 5.41) is 8.25. The third-order valence-electron chi connectivity index (χ3n) is 1.57. The topological polar surface area (TPSA) is 55.8 Å². The van der Waals surface area contributed by atoms with Gasteiger partial charge < -0.3 is 5.11 Å². The summed E-state index contributed by atoms with van der Waals surface area (Å²) in [4.78, 5) is 19.2. The second-order valence-corrected chi connectivity index (χ2v) is 2.91. The van der Waals surface area contributed by atoms with E-state index in [1.165, 1.54) is 0 Å². The molecule has 0 aliphatic carbocycles. The lowest BCUT2D eigenvalue weighted by Gasteiger charge is -2.02. The summed E-state index contributed by atoms with van der Waals surface area (Å²) in [5.74, 6) is -1.05. The molecule has 0 saturated heterocycles. The van der Waals surface area contributed by atoms with Gasteiger partial charge in [-0.2, -0.15) is 0 Å². The first-order chi connectivity index (χ1) is 6.68. The van der Waals surface area contributed by atoms with Crippen LogP contribution in [-0.4, -0.2) is 17.7 Å². The third-order valence-corrected chi connectivity index (χ3v) is 1.57. The standard InChI is InChI=1S/C10H12O4/c1-8-3-2-4-9(5-8)6-13-14-7-10(11)12/h2-5H,6-7H2,1H3,(H,11,12). The Hall–Kier alpha value is -1.39. The van der Waals surface area contributed by atoms with Crippen LogP contribution in [0.5, 0.6) is 0 Å². The van der Waals surface area contributed by atoms with Crippen molar-refractivity contribution in [3.05, 3.63) is 35.4 Å². The first-order valence-corrected chi connectivity index (χ1v) is 4.20. The lowest BCUT2D eigenvalue weighted by atomic mass is 10.1. The highest BCUT2D eigenvalue weighted by atomic mass is 17.2. The third kappa shape index (κ3) is 4.02. The number of hydrogen-bond donors (Lipinski definition) is 1. The van der Waals surface area contributed by atoms with Gasteiger partial charge in [-0.05, 0) is 12.5 Å². The molecule has 0 bridgehead atoms. The molecule has 0 heterocycles. The lowest BCUT2D eigenvalue weighted by molar-refractivity contribution is -0.300. The van der Waals surface area contributed by atoms with Crippen LogP contribution in [0, 0.1) is 6.92 Å². The van der Waals surface area contributed by atoms with Crippen molar-refractivity contribution in [2.45, 2.75) is 13.5 Å². The molecule has 0 unspecified atom stereocenters. The van der Waals surface area contributed by atoms with Crippen LogP contribution in [0.3, 0.4) is 0 Å². The molecule has 4 nitrogen and oxygen atoms in total. The number of hydrogen-bond acceptors (Lipinski definition) is 3. The maximum atomic E-state index is 10.1. The van der Waals surface area contributed by atoms with Crippen molar-refractivity contribution < 1.29 is 19.7 Å². The second-order valence-electron chi connectivity index (χ2n) is 2.91. The summed E-state index contributed by atoms with van der Waals surface area (Å²) < 4.78 is 0. The molecule has 0 aromatic heterocycles. The molecule has 1 N–H and O–H groups in total. The highest BCUT2D eigenvalue weighted by Crippen LogP contribution is 2.05. The van der Waals surface area contributed by atoms with Gasteiger partial charge in [-0.15, -0.1) is 0 Å². The number of aryl methyl sites for hydroxylation is 1. The zero-order chi connectivity index (χ0) is 10.4. The Kier molecular flexibility index (Phi) is 4.10. The summed E-state index contributed by atoms with van der Waals surface area (Å²) in [6, 6.07) is 7.72. The van der Waals surface area contributed by atoms with Crippen LogP contribution in [0.15, 0.2) is 24.3 Å². The van der Waals surface area contributed by atoms with Gasteiger partial charge in [-0.25, -0.2) is 14.6 Å². The van der Waals surface area contributed by atoms with Crippen LogP contribution >= 0.6 is 0 Å². The molecule has 0 amide bonds. The summed E-state index contributed by atoms with van der Waals surface area (Å²) in [7, 11) is 0. The number of carbonyl (C=O) groups is 1. The number of benzene rings is 1. The zero-order valence-electron chi connectivity index (χ0n) is 7.90. The van der Waals surface area contributed by atoms with Crippen molar-refractivity contribution in [2.75, 3.05) is 6.61 Å². The Labute approximate surface area is 82.0 Å². The Morgan fingerprint density at radius 3 is 2.86 bits per heavy atom. The number of rotatable bonds is 5. The van der Waals surface area contributed by atoms with Gasteiger partial charge in [0.2, 0.25) is 0 Å².